The summed E-state index contributed by atoms with van der Waals surface area (Å²) < 4.78 is 12.3. The van der Waals surface area contributed by atoms with Gasteiger partial charge < -0.3 is 9.30 Å². The normalized spacial score (nSPS) is 18.0. The predicted molar refractivity (Wildman–Crippen MR) is 98.7 cm³/mol. The van der Waals surface area contributed by atoms with Gasteiger partial charge in [-0.3, -0.25) is 18.3 Å². The molecule has 1 aliphatic rings. The fraction of sp³-hybridized carbons (Fsp3) is 0.500. The van der Waals surface area contributed by atoms with E-state index in [0.717, 1.165) is 25.1 Å². The first-order chi connectivity index (χ1) is 12.5. The number of aryl methyl sites for hydroxylation is 2. The first kappa shape index (κ1) is 16.8. The molecule has 0 bridgehead atoms. The van der Waals surface area contributed by atoms with Crippen LogP contribution in [0.15, 0.2) is 27.9 Å². The summed E-state index contributed by atoms with van der Waals surface area (Å²) in [7, 11) is 1.65. The lowest BCUT2D eigenvalue weighted by Gasteiger charge is -2.11. The van der Waals surface area contributed by atoms with Crippen molar-refractivity contribution in [3.63, 3.8) is 0 Å². The van der Waals surface area contributed by atoms with Crippen molar-refractivity contribution in [1.29, 1.82) is 0 Å². The molecule has 4 rings (SSSR count). The Morgan fingerprint density at radius 1 is 1.35 bits per heavy atom. The van der Waals surface area contributed by atoms with Gasteiger partial charge in [0.25, 0.3) is 5.56 Å². The molecule has 4 heterocycles. The molecule has 8 nitrogen and oxygen atoms in total. The van der Waals surface area contributed by atoms with E-state index in [1.165, 1.54) is 9.13 Å². The highest BCUT2D eigenvalue weighted by atomic mass is 16.5. The van der Waals surface area contributed by atoms with Crippen LogP contribution in [0.4, 0.5) is 0 Å². The number of imidazole rings is 2. The summed E-state index contributed by atoms with van der Waals surface area (Å²) in [6, 6.07) is 0. The zero-order chi connectivity index (χ0) is 18.4. The lowest BCUT2D eigenvalue weighted by Crippen LogP contribution is -2.39. The number of allylic oxidation sites excluding steroid dienone is 2. The minimum Gasteiger partial charge on any atom is -0.376 e. The van der Waals surface area contributed by atoms with Crippen LogP contribution < -0.4 is 11.2 Å². The number of aromatic nitrogens is 5. The Morgan fingerprint density at radius 2 is 2.15 bits per heavy atom. The third-order valence-electron chi connectivity index (χ3n) is 5.07. The van der Waals surface area contributed by atoms with Crippen molar-refractivity contribution in [3.8, 4) is 0 Å². The maximum Gasteiger partial charge on any atom is 0.332 e. The van der Waals surface area contributed by atoms with Gasteiger partial charge in [-0.25, -0.2) is 4.79 Å². The van der Waals surface area contributed by atoms with E-state index in [1.54, 1.807) is 17.5 Å². The van der Waals surface area contributed by atoms with Crippen molar-refractivity contribution in [1.82, 2.24) is 23.1 Å². The predicted octanol–water partition coefficient (Wildman–Crippen LogP) is 1.21. The SMILES string of the molecule is C/C=C\Cn1c(=O)c2c(nc3n(C[C@@H]4CCCO4)c(C)cn23)n(C)c1=O. The molecule has 1 atom stereocenters. The number of ether oxygens (including phenoxy) is 1. The minimum atomic E-state index is -0.358. The number of hydrogen-bond donors (Lipinski definition) is 0. The topological polar surface area (TPSA) is 75.5 Å². The van der Waals surface area contributed by atoms with E-state index >= 15 is 0 Å². The lowest BCUT2D eigenvalue weighted by molar-refractivity contribution is 0.0974. The second-order valence-corrected chi connectivity index (χ2v) is 6.80. The van der Waals surface area contributed by atoms with Crippen LogP contribution in [0.3, 0.4) is 0 Å². The molecule has 0 radical (unpaired) electrons. The molecule has 0 unspecified atom stereocenters. The maximum atomic E-state index is 13.0. The number of rotatable bonds is 4. The molecule has 0 aromatic carbocycles. The van der Waals surface area contributed by atoms with Crippen molar-refractivity contribution >= 4 is 16.9 Å². The Balaban J connectivity index is 1.96. The molecule has 0 spiro atoms. The van der Waals surface area contributed by atoms with Gasteiger partial charge in [0, 0.05) is 32.1 Å². The molecule has 0 amide bonds. The Morgan fingerprint density at radius 3 is 2.85 bits per heavy atom. The van der Waals surface area contributed by atoms with E-state index in [0.29, 0.717) is 23.5 Å². The van der Waals surface area contributed by atoms with Gasteiger partial charge in [0.2, 0.25) is 5.78 Å². The van der Waals surface area contributed by atoms with Gasteiger partial charge in [-0.1, -0.05) is 12.2 Å². The Bertz CT molecular complexity index is 1120. The molecule has 3 aromatic rings. The summed E-state index contributed by atoms with van der Waals surface area (Å²) in [6.45, 7) is 5.60. The van der Waals surface area contributed by atoms with Crippen LogP contribution in [0.1, 0.15) is 25.5 Å². The van der Waals surface area contributed by atoms with E-state index in [-0.39, 0.29) is 23.9 Å². The molecule has 8 heteroatoms. The standard InChI is InChI=1S/C18H23N5O3/c1-4-5-8-21-16(24)14-15(20(3)18(21)25)19-17-22(12(2)10-23(14)17)11-13-7-6-9-26-13/h4-5,10,13H,6-9,11H2,1-3H3/b5-4-/t13-/m0/s1. The summed E-state index contributed by atoms with van der Waals surface area (Å²) >= 11 is 0. The second-order valence-electron chi connectivity index (χ2n) is 6.80. The summed E-state index contributed by atoms with van der Waals surface area (Å²) in [5.41, 5.74) is 1.18. The van der Waals surface area contributed by atoms with Gasteiger partial charge in [0.05, 0.1) is 12.6 Å². The first-order valence-corrected chi connectivity index (χ1v) is 8.93. The van der Waals surface area contributed by atoms with Crippen molar-refractivity contribution in [2.45, 2.75) is 45.9 Å². The van der Waals surface area contributed by atoms with Crippen molar-refractivity contribution in [2.75, 3.05) is 6.61 Å². The average Bonchev–Trinajstić information content (AvgIpc) is 3.31. The smallest absolute Gasteiger partial charge is 0.332 e. The number of fused-ring (bicyclic) bond motifs is 3. The molecule has 0 saturated carbocycles. The third-order valence-corrected chi connectivity index (χ3v) is 5.07. The van der Waals surface area contributed by atoms with Gasteiger partial charge in [0.1, 0.15) is 0 Å². The van der Waals surface area contributed by atoms with Crippen molar-refractivity contribution < 1.29 is 4.74 Å². The molecule has 3 aromatic heterocycles. The largest absolute Gasteiger partial charge is 0.376 e. The molecule has 0 N–H and O–H groups in total. The Hall–Kier alpha value is -2.61. The highest BCUT2D eigenvalue weighted by Crippen LogP contribution is 2.20. The highest BCUT2D eigenvalue weighted by Gasteiger charge is 2.22. The van der Waals surface area contributed by atoms with Crippen LogP contribution in [0.5, 0.6) is 0 Å². The van der Waals surface area contributed by atoms with Crippen LogP contribution in [-0.4, -0.2) is 35.8 Å². The molecule has 0 aliphatic carbocycles. The van der Waals surface area contributed by atoms with Crippen molar-refractivity contribution in [3.05, 3.63) is 44.9 Å². The van der Waals surface area contributed by atoms with Gasteiger partial charge in [0.15, 0.2) is 11.2 Å². The lowest BCUT2D eigenvalue weighted by atomic mass is 10.2. The average molecular weight is 357 g/mol. The van der Waals surface area contributed by atoms with Crippen LogP contribution >= 0.6 is 0 Å². The molecule has 138 valence electrons. The van der Waals surface area contributed by atoms with E-state index < -0.39 is 0 Å². The highest BCUT2D eigenvalue weighted by molar-refractivity contribution is 5.75. The number of nitrogens with zero attached hydrogens (tertiary/aromatic N) is 5. The van der Waals surface area contributed by atoms with E-state index in [9.17, 15) is 9.59 Å². The molecule has 1 fully saturated rings. The molecular weight excluding hydrogens is 334 g/mol. The fourth-order valence-electron chi connectivity index (χ4n) is 3.64. The van der Waals surface area contributed by atoms with Crippen LogP contribution in [0.25, 0.3) is 16.9 Å². The summed E-state index contributed by atoms with van der Waals surface area (Å²) in [6.07, 6.45) is 7.79. The van der Waals surface area contributed by atoms with E-state index in [4.69, 9.17) is 4.74 Å². The van der Waals surface area contributed by atoms with Gasteiger partial charge in [-0.15, -0.1) is 0 Å². The zero-order valence-corrected chi connectivity index (χ0v) is 15.3. The van der Waals surface area contributed by atoms with Crippen LogP contribution in [0, 0.1) is 6.92 Å². The fourth-order valence-corrected chi connectivity index (χ4v) is 3.64. The minimum absolute atomic E-state index is 0.167. The number of hydrogen-bond acceptors (Lipinski definition) is 4. The monoisotopic (exact) mass is 357 g/mol. The second kappa shape index (κ2) is 6.28. The molecule has 1 saturated heterocycles. The Kier molecular flexibility index (Phi) is 4.07. The van der Waals surface area contributed by atoms with E-state index in [1.807, 2.05) is 26.1 Å². The van der Waals surface area contributed by atoms with Crippen LogP contribution in [0.2, 0.25) is 0 Å². The van der Waals surface area contributed by atoms with E-state index in [2.05, 4.69) is 9.55 Å². The summed E-state index contributed by atoms with van der Waals surface area (Å²) in [5.74, 6) is 0.670. The van der Waals surface area contributed by atoms with Gasteiger partial charge in [-0.05, 0) is 26.7 Å². The quantitative estimate of drug-likeness (QED) is 0.658. The summed E-state index contributed by atoms with van der Waals surface area (Å²) in [5, 5.41) is 0. The maximum absolute atomic E-state index is 13.0. The molecule has 1 aliphatic heterocycles. The molecular formula is C18H23N5O3. The first-order valence-electron chi connectivity index (χ1n) is 8.93. The zero-order valence-electron chi connectivity index (χ0n) is 15.3. The Labute approximate surface area is 149 Å². The molecule has 26 heavy (non-hydrogen) atoms. The van der Waals surface area contributed by atoms with Gasteiger partial charge >= 0.3 is 5.69 Å². The third kappa shape index (κ3) is 2.44. The van der Waals surface area contributed by atoms with Crippen molar-refractivity contribution in [2.24, 2.45) is 7.05 Å². The van der Waals surface area contributed by atoms with Crippen LogP contribution in [-0.2, 0) is 24.9 Å². The summed E-state index contributed by atoms with van der Waals surface area (Å²) in [4.78, 5) is 30.1. The van der Waals surface area contributed by atoms with Gasteiger partial charge in [-0.2, -0.15) is 4.98 Å².